The first-order valence-electron chi connectivity index (χ1n) is 8.14. The van der Waals surface area contributed by atoms with Crippen LogP contribution in [0.25, 0.3) is 21.6 Å². The number of hydrogen-bond donors (Lipinski definition) is 0. The Hall–Kier alpha value is -2.93. The fourth-order valence-electron chi connectivity index (χ4n) is 2.87. The van der Waals surface area contributed by atoms with Gasteiger partial charge in [0.25, 0.3) is 0 Å². The molecule has 0 unspecified atom stereocenters. The highest BCUT2D eigenvalue weighted by Crippen LogP contribution is 2.47. The second-order valence-electron chi connectivity index (χ2n) is 5.55. The number of methoxy groups -OCH3 is 5. The van der Waals surface area contributed by atoms with Crippen molar-refractivity contribution in [2.24, 2.45) is 0 Å². The Kier molecular flexibility index (Phi) is 5.71. The van der Waals surface area contributed by atoms with Crippen molar-refractivity contribution in [3.05, 3.63) is 36.5 Å². The summed E-state index contributed by atoms with van der Waals surface area (Å²) in [6, 6.07) is 9.48. The van der Waals surface area contributed by atoms with Crippen molar-refractivity contribution in [1.29, 1.82) is 0 Å². The summed E-state index contributed by atoms with van der Waals surface area (Å²) in [5.74, 6) is 3.23. The van der Waals surface area contributed by atoms with E-state index in [1.54, 1.807) is 41.6 Å². The van der Waals surface area contributed by atoms with Gasteiger partial charge in [0.2, 0.25) is 0 Å². The van der Waals surface area contributed by atoms with Crippen molar-refractivity contribution in [2.45, 2.75) is 0 Å². The second kappa shape index (κ2) is 8.18. The van der Waals surface area contributed by atoms with Gasteiger partial charge in [0.05, 0.1) is 40.4 Å². The molecule has 0 atom stereocenters. The molecular formula is C20H21NO5S. The lowest BCUT2D eigenvalue weighted by molar-refractivity contribution is 0.350. The highest BCUT2D eigenvalue weighted by molar-refractivity contribution is 7.10. The number of nitrogens with zero attached hydrogens (tertiary/aromatic N) is 1. The second-order valence-corrected chi connectivity index (χ2v) is 6.35. The van der Waals surface area contributed by atoms with Crippen LogP contribution in [-0.2, 0) is 0 Å². The zero-order valence-electron chi connectivity index (χ0n) is 15.9. The zero-order chi connectivity index (χ0) is 19.4. The maximum atomic E-state index is 5.62. The SMILES string of the molecule is COc1cc(OC)c(OC)c(-c2sncc2-c2ccc(OC)c(OC)c2)c1. The molecule has 0 amide bonds. The van der Waals surface area contributed by atoms with E-state index in [0.29, 0.717) is 28.7 Å². The maximum absolute atomic E-state index is 5.62. The summed E-state index contributed by atoms with van der Waals surface area (Å²) in [6.07, 6.45) is 1.83. The first-order valence-corrected chi connectivity index (χ1v) is 8.91. The van der Waals surface area contributed by atoms with Crippen LogP contribution in [0.3, 0.4) is 0 Å². The molecule has 0 aliphatic rings. The van der Waals surface area contributed by atoms with Crippen LogP contribution in [0.1, 0.15) is 0 Å². The van der Waals surface area contributed by atoms with Crippen molar-refractivity contribution < 1.29 is 23.7 Å². The molecular weight excluding hydrogens is 366 g/mol. The van der Waals surface area contributed by atoms with Gasteiger partial charge in [-0.3, -0.25) is 0 Å². The highest BCUT2D eigenvalue weighted by Gasteiger charge is 2.20. The lowest BCUT2D eigenvalue weighted by atomic mass is 10.0. The molecule has 0 spiro atoms. The van der Waals surface area contributed by atoms with Crippen LogP contribution in [0.2, 0.25) is 0 Å². The molecule has 2 aromatic carbocycles. The molecule has 0 radical (unpaired) electrons. The largest absolute Gasteiger partial charge is 0.497 e. The van der Waals surface area contributed by atoms with E-state index >= 15 is 0 Å². The van der Waals surface area contributed by atoms with Gasteiger partial charge in [0, 0.05) is 23.4 Å². The third-order valence-electron chi connectivity index (χ3n) is 4.20. The summed E-state index contributed by atoms with van der Waals surface area (Å²) in [5, 5.41) is 0. The molecule has 3 rings (SSSR count). The van der Waals surface area contributed by atoms with Gasteiger partial charge in [-0.05, 0) is 35.3 Å². The van der Waals surface area contributed by atoms with Gasteiger partial charge in [-0.1, -0.05) is 6.07 Å². The molecule has 142 valence electrons. The summed E-state index contributed by atoms with van der Waals surface area (Å²) in [5.41, 5.74) is 2.76. The van der Waals surface area contributed by atoms with Gasteiger partial charge in [0.1, 0.15) is 5.75 Å². The maximum Gasteiger partial charge on any atom is 0.169 e. The average Bonchev–Trinajstić information content (AvgIpc) is 3.21. The van der Waals surface area contributed by atoms with Crippen molar-refractivity contribution in [2.75, 3.05) is 35.5 Å². The first-order chi connectivity index (χ1) is 13.2. The van der Waals surface area contributed by atoms with Gasteiger partial charge in [-0.15, -0.1) is 0 Å². The number of ether oxygens (including phenoxy) is 5. The summed E-state index contributed by atoms with van der Waals surface area (Å²) < 4.78 is 31.7. The van der Waals surface area contributed by atoms with Gasteiger partial charge in [-0.25, -0.2) is 0 Å². The fraction of sp³-hybridized carbons (Fsp3) is 0.250. The smallest absolute Gasteiger partial charge is 0.169 e. The molecule has 7 heteroatoms. The van der Waals surface area contributed by atoms with Gasteiger partial charge < -0.3 is 23.7 Å². The van der Waals surface area contributed by atoms with Crippen molar-refractivity contribution in [3.8, 4) is 50.3 Å². The summed E-state index contributed by atoms with van der Waals surface area (Å²) in [6.45, 7) is 0. The Morgan fingerprint density at radius 1 is 0.704 bits per heavy atom. The van der Waals surface area contributed by atoms with Crippen LogP contribution in [0, 0.1) is 0 Å². The van der Waals surface area contributed by atoms with Crippen LogP contribution >= 0.6 is 11.5 Å². The van der Waals surface area contributed by atoms with E-state index < -0.39 is 0 Å². The molecule has 6 nitrogen and oxygen atoms in total. The molecule has 0 aliphatic carbocycles. The number of rotatable bonds is 7. The van der Waals surface area contributed by atoms with Crippen LogP contribution in [0.15, 0.2) is 36.5 Å². The van der Waals surface area contributed by atoms with Crippen LogP contribution in [-0.4, -0.2) is 39.9 Å². The van der Waals surface area contributed by atoms with E-state index in [2.05, 4.69) is 4.37 Å². The van der Waals surface area contributed by atoms with Crippen LogP contribution in [0.5, 0.6) is 28.7 Å². The number of hydrogen-bond acceptors (Lipinski definition) is 7. The minimum absolute atomic E-state index is 0.596. The van der Waals surface area contributed by atoms with E-state index in [9.17, 15) is 0 Å². The Morgan fingerprint density at radius 2 is 1.44 bits per heavy atom. The fourth-order valence-corrected chi connectivity index (χ4v) is 3.65. The van der Waals surface area contributed by atoms with E-state index in [1.165, 1.54) is 11.5 Å². The van der Waals surface area contributed by atoms with Crippen LogP contribution in [0.4, 0.5) is 0 Å². The molecule has 0 aliphatic heterocycles. The Morgan fingerprint density at radius 3 is 2.07 bits per heavy atom. The van der Waals surface area contributed by atoms with Gasteiger partial charge in [-0.2, -0.15) is 4.37 Å². The van der Waals surface area contributed by atoms with Gasteiger partial charge >= 0.3 is 0 Å². The van der Waals surface area contributed by atoms with Gasteiger partial charge in [0.15, 0.2) is 23.0 Å². The third kappa shape index (κ3) is 3.50. The average molecular weight is 387 g/mol. The standard InChI is InChI=1S/C20H21NO5S/c1-22-13-9-14(19(26-5)18(10-13)25-4)20-15(11-21-27-20)12-6-7-16(23-2)17(8-12)24-3/h6-11H,1-5H3. The predicted molar refractivity (Wildman–Crippen MR) is 106 cm³/mol. The molecule has 1 heterocycles. The molecule has 0 bridgehead atoms. The molecule has 0 N–H and O–H groups in total. The minimum atomic E-state index is 0.596. The molecule has 1 aromatic heterocycles. The molecule has 0 saturated heterocycles. The summed E-state index contributed by atoms with van der Waals surface area (Å²) >= 11 is 1.38. The van der Waals surface area contributed by atoms with Crippen molar-refractivity contribution >= 4 is 11.5 Å². The zero-order valence-corrected chi connectivity index (χ0v) is 16.7. The van der Waals surface area contributed by atoms with E-state index in [1.807, 2.05) is 30.5 Å². The molecule has 0 fully saturated rings. The quantitative estimate of drug-likeness (QED) is 0.594. The van der Waals surface area contributed by atoms with Crippen LogP contribution < -0.4 is 23.7 Å². The lowest BCUT2D eigenvalue weighted by Gasteiger charge is -2.15. The predicted octanol–water partition coefficient (Wildman–Crippen LogP) is 4.52. The molecule has 27 heavy (non-hydrogen) atoms. The van der Waals surface area contributed by atoms with E-state index in [-0.39, 0.29) is 0 Å². The van der Waals surface area contributed by atoms with Crippen molar-refractivity contribution in [3.63, 3.8) is 0 Å². The minimum Gasteiger partial charge on any atom is -0.497 e. The number of benzene rings is 2. The molecule has 0 saturated carbocycles. The Balaban J connectivity index is 2.19. The highest BCUT2D eigenvalue weighted by atomic mass is 32.1. The first kappa shape index (κ1) is 18.8. The monoisotopic (exact) mass is 387 g/mol. The van der Waals surface area contributed by atoms with Crippen molar-refractivity contribution in [1.82, 2.24) is 4.37 Å². The lowest BCUT2D eigenvalue weighted by Crippen LogP contribution is -1.95. The topological polar surface area (TPSA) is 59.0 Å². The molecule has 3 aromatic rings. The Bertz CT molecular complexity index is 938. The van der Waals surface area contributed by atoms with E-state index in [4.69, 9.17) is 23.7 Å². The summed E-state index contributed by atoms with van der Waals surface area (Å²) in [4.78, 5) is 0.941. The Labute approximate surface area is 162 Å². The third-order valence-corrected chi connectivity index (χ3v) is 5.03. The normalized spacial score (nSPS) is 10.4. The summed E-state index contributed by atoms with van der Waals surface area (Å²) in [7, 11) is 8.06. The van der Waals surface area contributed by atoms with E-state index in [0.717, 1.165) is 21.6 Å². The number of aromatic nitrogens is 1.